The molecule has 0 atom stereocenters. The molecule has 2 aromatic rings. The lowest BCUT2D eigenvalue weighted by Gasteiger charge is -1.99. The summed E-state index contributed by atoms with van der Waals surface area (Å²) >= 11 is 3.35. The lowest BCUT2D eigenvalue weighted by atomic mass is 10.2. The summed E-state index contributed by atoms with van der Waals surface area (Å²) in [4.78, 5) is 5.05. The molecule has 91 valence electrons. The molecule has 0 saturated carbocycles. The van der Waals surface area contributed by atoms with Gasteiger partial charge >= 0.3 is 0 Å². The molecule has 0 N–H and O–H groups in total. The quantitative estimate of drug-likeness (QED) is 0.617. The van der Waals surface area contributed by atoms with Gasteiger partial charge in [0.2, 0.25) is 0 Å². The Morgan fingerprint density at radius 1 is 1.17 bits per heavy atom. The molecule has 2 aromatic carbocycles. The van der Waals surface area contributed by atoms with Crippen molar-refractivity contribution in [2.45, 2.75) is 6.61 Å². The van der Waals surface area contributed by atoms with Crippen molar-refractivity contribution in [2.24, 2.45) is 5.16 Å². The summed E-state index contributed by atoms with van der Waals surface area (Å²) in [5, 5.41) is 3.71. The van der Waals surface area contributed by atoms with Crippen LogP contribution in [0.2, 0.25) is 0 Å². The monoisotopic (exact) mass is 306 g/mol. The van der Waals surface area contributed by atoms with Crippen LogP contribution in [0.1, 0.15) is 11.1 Å². The van der Waals surface area contributed by atoms with Crippen LogP contribution < -0.4 is 0 Å². The molecule has 0 spiro atoms. The first-order valence-electron chi connectivity index (χ1n) is 5.32. The van der Waals surface area contributed by atoms with Crippen molar-refractivity contribution in [3.8, 4) is 0 Å². The molecule has 0 fully saturated rings. The first kappa shape index (κ1) is 12.8. The summed E-state index contributed by atoms with van der Waals surface area (Å²) < 4.78 is 13.8. The minimum absolute atomic E-state index is 0.221. The van der Waals surface area contributed by atoms with E-state index in [4.69, 9.17) is 4.84 Å². The second-order valence-corrected chi connectivity index (χ2v) is 4.53. The lowest BCUT2D eigenvalue weighted by Crippen LogP contribution is -1.89. The third kappa shape index (κ3) is 3.96. The Hall–Kier alpha value is -1.68. The molecule has 2 nitrogen and oxygen atoms in total. The van der Waals surface area contributed by atoms with Crippen LogP contribution in [0, 0.1) is 5.82 Å². The molecule has 18 heavy (non-hydrogen) atoms. The van der Waals surface area contributed by atoms with Gasteiger partial charge in [0.25, 0.3) is 0 Å². The van der Waals surface area contributed by atoms with Crippen molar-refractivity contribution in [1.82, 2.24) is 0 Å². The highest BCUT2D eigenvalue weighted by Gasteiger charge is 1.95. The van der Waals surface area contributed by atoms with E-state index in [0.717, 1.165) is 15.6 Å². The summed E-state index contributed by atoms with van der Waals surface area (Å²) in [5.41, 5.74) is 1.54. The van der Waals surface area contributed by atoms with Crippen LogP contribution in [0.15, 0.2) is 58.2 Å². The molecule has 2 rings (SSSR count). The summed E-state index contributed by atoms with van der Waals surface area (Å²) in [6.07, 6.45) is 2.75. The Labute approximate surface area is 113 Å². The lowest BCUT2D eigenvalue weighted by molar-refractivity contribution is 0.132. The normalized spacial score (nSPS) is 10.8. The topological polar surface area (TPSA) is 21.6 Å². The zero-order chi connectivity index (χ0) is 12.8. The van der Waals surface area contributed by atoms with E-state index in [9.17, 15) is 4.39 Å². The van der Waals surface area contributed by atoms with E-state index in [1.54, 1.807) is 12.1 Å². The first-order chi connectivity index (χ1) is 8.74. The molecule has 0 saturated heterocycles. The molecule has 0 aromatic heterocycles. The van der Waals surface area contributed by atoms with Crippen molar-refractivity contribution in [3.05, 3.63) is 69.9 Å². The average Bonchev–Trinajstić information content (AvgIpc) is 2.35. The van der Waals surface area contributed by atoms with Gasteiger partial charge < -0.3 is 4.84 Å². The first-order valence-corrected chi connectivity index (χ1v) is 6.11. The summed E-state index contributed by atoms with van der Waals surface area (Å²) in [6.45, 7) is 0.221. The Kier molecular flexibility index (Phi) is 4.47. The van der Waals surface area contributed by atoms with E-state index in [2.05, 4.69) is 27.3 Å². The zero-order valence-electron chi connectivity index (χ0n) is 9.44. The van der Waals surface area contributed by atoms with Gasteiger partial charge in [-0.25, -0.2) is 4.39 Å². The maximum Gasteiger partial charge on any atom is 0.142 e. The molecular formula is C14H10BrFNO. The minimum atomic E-state index is -0.281. The summed E-state index contributed by atoms with van der Waals surface area (Å²) in [6, 6.07) is 13.7. The molecule has 1 radical (unpaired) electrons. The number of rotatable bonds is 4. The van der Waals surface area contributed by atoms with E-state index in [1.165, 1.54) is 12.1 Å². The van der Waals surface area contributed by atoms with E-state index < -0.39 is 0 Å². The van der Waals surface area contributed by atoms with Crippen molar-refractivity contribution in [1.29, 1.82) is 0 Å². The Morgan fingerprint density at radius 3 is 2.78 bits per heavy atom. The number of benzene rings is 2. The second-order valence-electron chi connectivity index (χ2n) is 3.62. The predicted octanol–water partition coefficient (Wildman–Crippen LogP) is 4.02. The Balaban J connectivity index is 1.89. The van der Waals surface area contributed by atoms with Crippen molar-refractivity contribution in [3.63, 3.8) is 0 Å². The summed E-state index contributed by atoms with van der Waals surface area (Å²) in [5.74, 6) is -0.281. The Morgan fingerprint density at radius 2 is 2.00 bits per heavy atom. The number of hydrogen-bond acceptors (Lipinski definition) is 2. The maximum atomic E-state index is 12.9. The van der Waals surface area contributed by atoms with E-state index in [1.807, 2.05) is 24.3 Å². The van der Waals surface area contributed by atoms with Crippen LogP contribution in [0.4, 0.5) is 4.39 Å². The van der Waals surface area contributed by atoms with Gasteiger partial charge in [0, 0.05) is 10.0 Å². The molecule has 0 bridgehead atoms. The van der Waals surface area contributed by atoms with Gasteiger partial charge in [0.1, 0.15) is 18.6 Å². The molecule has 0 aliphatic rings. The predicted molar refractivity (Wildman–Crippen MR) is 71.9 cm³/mol. The van der Waals surface area contributed by atoms with Gasteiger partial charge in [-0.3, -0.25) is 0 Å². The fourth-order valence-corrected chi connectivity index (χ4v) is 1.78. The van der Waals surface area contributed by atoms with Gasteiger partial charge in [-0.15, -0.1) is 0 Å². The minimum Gasteiger partial charge on any atom is -0.390 e. The van der Waals surface area contributed by atoms with Crippen LogP contribution in [0.3, 0.4) is 0 Å². The van der Waals surface area contributed by atoms with Gasteiger partial charge in [-0.1, -0.05) is 45.4 Å². The van der Waals surface area contributed by atoms with Crippen LogP contribution in [-0.4, -0.2) is 6.21 Å². The van der Waals surface area contributed by atoms with Crippen molar-refractivity contribution in [2.75, 3.05) is 0 Å². The number of hydrogen-bond donors (Lipinski definition) is 0. The molecule has 0 heterocycles. The molecule has 0 amide bonds. The number of halogens is 2. The highest BCUT2D eigenvalue weighted by Crippen LogP contribution is 2.10. The maximum absolute atomic E-state index is 12.9. The van der Waals surface area contributed by atoms with Gasteiger partial charge in [0.15, 0.2) is 0 Å². The molecule has 0 aliphatic carbocycles. The highest BCUT2D eigenvalue weighted by atomic mass is 79.9. The zero-order valence-corrected chi connectivity index (χ0v) is 11.0. The smallest absolute Gasteiger partial charge is 0.142 e. The van der Waals surface area contributed by atoms with Crippen molar-refractivity contribution >= 4 is 22.1 Å². The molecular weight excluding hydrogens is 297 g/mol. The average molecular weight is 307 g/mol. The third-order valence-electron chi connectivity index (χ3n) is 2.18. The largest absolute Gasteiger partial charge is 0.390 e. The van der Waals surface area contributed by atoms with E-state index in [-0.39, 0.29) is 12.4 Å². The van der Waals surface area contributed by atoms with Crippen molar-refractivity contribution < 1.29 is 9.23 Å². The van der Waals surface area contributed by atoms with Crippen LogP contribution in [0.25, 0.3) is 0 Å². The van der Waals surface area contributed by atoms with Crippen LogP contribution >= 0.6 is 15.9 Å². The fourth-order valence-electron chi connectivity index (χ4n) is 1.38. The summed E-state index contributed by atoms with van der Waals surface area (Å²) in [7, 11) is 0. The SMILES string of the molecule is Fc1cccc(CO/N=[C]\c2cccc(Br)c2)c1. The van der Waals surface area contributed by atoms with Gasteiger partial charge in [-0.05, 0) is 29.8 Å². The van der Waals surface area contributed by atoms with Crippen LogP contribution in [-0.2, 0) is 11.4 Å². The van der Waals surface area contributed by atoms with E-state index >= 15 is 0 Å². The van der Waals surface area contributed by atoms with Gasteiger partial charge in [0.05, 0.1) is 0 Å². The van der Waals surface area contributed by atoms with Crippen LogP contribution in [0.5, 0.6) is 0 Å². The second kappa shape index (κ2) is 6.31. The standard InChI is InChI=1S/C14H10BrFNO/c15-13-5-1-3-11(7-13)9-17-18-10-12-4-2-6-14(16)8-12/h1-8H,10H2. The molecule has 0 unspecified atom stereocenters. The Bertz CT molecular complexity index is 557. The highest BCUT2D eigenvalue weighted by molar-refractivity contribution is 9.10. The molecule has 4 heteroatoms. The third-order valence-corrected chi connectivity index (χ3v) is 2.68. The fraction of sp³-hybridized carbons (Fsp3) is 0.0714. The van der Waals surface area contributed by atoms with Gasteiger partial charge in [-0.2, -0.15) is 0 Å². The van der Waals surface area contributed by atoms with E-state index in [0.29, 0.717) is 0 Å². The molecule has 0 aliphatic heterocycles. The number of nitrogens with zero attached hydrogens (tertiary/aromatic N) is 1.